The molecular formula is C21H14N2O. The van der Waals surface area contributed by atoms with Crippen LogP contribution in [0.3, 0.4) is 0 Å². The van der Waals surface area contributed by atoms with Gasteiger partial charge in [0.2, 0.25) is 5.78 Å². The summed E-state index contributed by atoms with van der Waals surface area (Å²) in [5.74, 6) is -0.118. The summed E-state index contributed by atoms with van der Waals surface area (Å²) in [4.78, 5) is 22.3. The van der Waals surface area contributed by atoms with Crippen molar-refractivity contribution in [2.45, 2.75) is 0 Å². The summed E-state index contributed by atoms with van der Waals surface area (Å²) in [5, 5.41) is 0. The number of hydrogen-bond donors (Lipinski definition) is 0. The van der Waals surface area contributed by atoms with Gasteiger partial charge in [0.25, 0.3) is 0 Å². The number of hydrogen-bond acceptors (Lipinski definition) is 3. The molecule has 3 aromatic carbocycles. The maximum Gasteiger partial charge on any atom is 0.213 e. The third-order valence-corrected chi connectivity index (χ3v) is 3.87. The fourth-order valence-electron chi connectivity index (χ4n) is 2.68. The first-order valence-electron chi connectivity index (χ1n) is 7.75. The van der Waals surface area contributed by atoms with Crippen molar-refractivity contribution in [1.82, 2.24) is 9.97 Å². The molecule has 4 aromatic rings. The van der Waals surface area contributed by atoms with Crippen molar-refractivity contribution in [3.05, 3.63) is 96.2 Å². The highest BCUT2D eigenvalue weighted by Crippen LogP contribution is 2.25. The number of carbonyl (C=O) groups excluding carboxylic acids is 1. The van der Waals surface area contributed by atoms with Crippen molar-refractivity contribution in [2.24, 2.45) is 0 Å². The largest absolute Gasteiger partial charge is 0.287 e. The fourth-order valence-corrected chi connectivity index (χ4v) is 2.68. The zero-order valence-corrected chi connectivity index (χ0v) is 12.9. The van der Waals surface area contributed by atoms with Gasteiger partial charge in [-0.25, -0.2) is 9.97 Å². The normalized spacial score (nSPS) is 10.7. The van der Waals surface area contributed by atoms with Crippen LogP contribution in [-0.4, -0.2) is 15.8 Å². The number of para-hydroxylation sites is 2. The molecule has 3 heteroatoms. The van der Waals surface area contributed by atoms with E-state index in [1.165, 1.54) is 0 Å². The topological polar surface area (TPSA) is 42.9 Å². The molecule has 0 spiro atoms. The Kier molecular flexibility index (Phi) is 3.60. The average molecular weight is 310 g/mol. The van der Waals surface area contributed by atoms with Gasteiger partial charge in [-0.1, -0.05) is 72.8 Å². The second-order valence-electron chi connectivity index (χ2n) is 5.47. The minimum absolute atomic E-state index is 0.118. The van der Waals surface area contributed by atoms with Crippen LogP contribution in [0.1, 0.15) is 16.1 Å². The third kappa shape index (κ3) is 2.57. The molecule has 0 radical (unpaired) electrons. The Morgan fingerprint density at radius 3 is 1.83 bits per heavy atom. The molecule has 114 valence electrons. The minimum atomic E-state index is -0.118. The molecule has 0 saturated heterocycles. The maximum absolute atomic E-state index is 13.0. The smallest absolute Gasteiger partial charge is 0.213 e. The first-order chi connectivity index (χ1) is 11.8. The summed E-state index contributed by atoms with van der Waals surface area (Å²) >= 11 is 0. The van der Waals surface area contributed by atoms with E-state index in [2.05, 4.69) is 4.98 Å². The lowest BCUT2D eigenvalue weighted by Gasteiger charge is -2.09. The highest BCUT2D eigenvalue weighted by atomic mass is 16.1. The highest BCUT2D eigenvalue weighted by Gasteiger charge is 2.19. The molecule has 1 heterocycles. The SMILES string of the molecule is O=C(c1ccccc1)c1nc2ccccc2nc1-c1ccccc1. The number of aromatic nitrogens is 2. The van der Waals surface area contributed by atoms with Crippen LogP contribution in [0.2, 0.25) is 0 Å². The molecule has 0 unspecified atom stereocenters. The summed E-state index contributed by atoms with van der Waals surface area (Å²) in [7, 11) is 0. The lowest BCUT2D eigenvalue weighted by atomic mass is 10.0. The lowest BCUT2D eigenvalue weighted by Crippen LogP contribution is -2.08. The Bertz CT molecular complexity index is 1010. The van der Waals surface area contributed by atoms with E-state index < -0.39 is 0 Å². The van der Waals surface area contributed by atoms with E-state index in [-0.39, 0.29) is 5.78 Å². The quantitative estimate of drug-likeness (QED) is 0.522. The zero-order chi connectivity index (χ0) is 16.4. The zero-order valence-electron chi connectivity index (χ0n) is 12.9. The third-order valence-electron chi connectivity index (χ3n) is 3.87. The summed E-state index contributed by atoms with van der Waals surface area (Å²) in [5.41, 5.74) is 3.99. The highest BCUT2D eigenvalue weighted by molar-refractivity contribution is 6.11. The molecule has 0 bridgehead atoms. The van der Waals surface area contributed by atoms with E-state index in [0.29, 0.717) is 17.0 Å². The van der Waals surface area contributed by atoms with Gasteiger partial charge in [0.1, 0.15) is 11.4 Å². The number of ketones is 1. The predicted molar refractivity (Wildman–Crippen MR) is 94.8 cm³/mol. The second-order valence-corrected chi connectivity index (χ2v) is 5.47. The number of fused-ring (bicyclic) bond motifs is 1. The van der Waals surface area contributed by atoms with Crippen LogP contribution in [0.25, 0.3) is 22.3 Å². The maximum atomic E-state index is 13.0. The van der Waals surface area contributed by atoms with Gasteiger partial charge in [0, 0.05) is 11.1 Å². The van der Waals surface area contributed by atoms with E-state index in [1.807, 2.05) is 72.8 Å². The summed E-state index contributed by atoms with van der Waals surface area (Å²) in [6.07, 6.45) is 0. The van der Waals surface area contributed by atoms with Gasteiger partial charge in [0.15, 0.2) is 0 Å². The number of rotatable bonds is 3. The van der Waals surface area contributed by atoms with Crippen molar-refractivity contribution >= 4 is 16.8 Å². The van der Waals surface area contributed by atoms with E-state index >= 15 is 0 Å². The van der Waals surface area contributed by atoms with Crippen molar-refractivity contribution in [2.75, 3.05) is 0 Å². The van der Waals surface area contributed by atoms with Crippen molar-refractivity contribution in [3.8, 4) is 11.3 Å². The summed E-state index contributed by atoms with van der Waals surface area (Å²) in [6.45, 7) is 0. The molecule has 4 rings (SSSR count). The molecule has 3 nitrogen and oxygen atoms in total. The molecule has 0 saturated carbocycles. The molecular weight excluding hydrogens is 296 g/mol. The van der Waals surface area contributed by atoms with Crippen molar-refractivity contribution in [1.29, 1.82) is 0 Å². The average Bonchev–Trinajstić information content (AvgIpc) is 2.68. The van der Waals surface area contributed by atoms with Crippen LogP contribution in [0.4, 0.5) is 0 Å². The lowest BCUT2D eigenvalue weighted by molar-refractivity contribution is 0.103. The standard InChI is InChI=1S/C21H14N2O/c24-21(16-11-5-2-6-12-16)20-19(15-9-3-1-4-10-15)22-17-13-7-8-14-18(17)23-20/h1-14H. The van der Waals surface area contributed by atoms with Gasteiger partial charge >= 0.3 is 0 Å². The molecule has 0 aliphatic rings. The first-order valence-corrected chi connectivity index (χ1v) is 7.75. The second kappa shape index (κ2) is 6.05. The molecule has 1 aromatic heterocycles. The molecule has 24 heavy (non-hydrogen) atoms. The van der Waals surface area contributed by atoms with Crippen LogP contribution in [0, 0.1) is 0 Å². The molecule has 0 atom stereocenters. The van der Waals surface area contributed by atoms with Crippen LogP contribution in [0.5, 0.6) is 0 Å². The Morgan fingerprint density at radius 2 is 1.17 bits per heavy atom. The Hall–Kier alpha value is -3.33. The first kappa shape index (κ1) is 14.3. The Morgan fingerprint density at radius 1 is 0.625 bits per heavy atom. The number of carbonyl (C=O) groups is 1. The van der Waals surface area contributed by atoms with E-state index in [0.717, 1.165) is 16.6 Å². The summed E-state index contributed by atoms with van der Waals surface area (Å²) < 4.78 is 0. The minimum Gasteiger partial charge on any atom is -0.287 e. The molecule has 0 aliphatic carbocycles. The predicted octanol–water partition coefficient (Wildman–Crippen LogP) is 4.53. The van der Waals surface area contributed by atoms with Crippen LogP contribution in [0.15, 0.2) is 84.9 Å². The van der Waals surface area contributed by atoms with Gasteiger partial charge in [-0.05, 0) is 12.1 Å². The van der Waals surface area contributed by atoms with E-state index in [4.69, 9.17) is 4.98 Å². The fraction of sp³-hybridized carbons (Fsp3) is 0. The number of benzene rings is 3. The molecule has 0 aliphatic heterocycles. The van der Waals surface area contributed by atoms with Crippen LogP contribution in [-0.2, 0) is 0 Å². The van der Waals surface area contributed by atoms with Gasteiger partial charge in [0.05, 0.1) is 11.0 Å². The Balaban J connectivity index is 1.97. The van der Waals surface area contributed by atoms with Crippen molar-refractivity contribution < 1.29 is 4.79 Å². The van der Waals surface area contributed by atoms with Crippen molar-refractivity contribution in [3.63, 3.8) is 0 Å². The van der Waals surface area contributed by atoms with Crippen LogP contribution < -0.4 is 0 Å². The van der Waals surface area contributed by atoms with Gasteiger partial charge in [-0.2, -0.15) is 0 Å². The van der Waals surface area contributed by atoms with Gasteiger partial charge in [-0.15, -0.1) is 0 Å². The van der Waals surface area contributed by atoms with E-state index in [1.54, 1.807) is 12.1 Å². The Labute approximate surface area is 139 Å². The molecule has 0 fully saturated rings. The molecule has 0 amide bonds. The van der Waals surface area contributed by atoms with E-state index in [9.17, 15) is 4.79 Å². The monoisotopic (exact) mass is 310 g/mol. The summed E-state index contributed by atoms with van der Waals surface area (Å²) in [6, 6.07) is 26.5. The number of nitrogens with zero attached hydrogens (tertiary/aromatic N) is 2. The van der Waals surface area contributed by atoms with Crippen LogP contribution >= 0.6 is 0 Å². The molecule has 0 N–H and O–H groups in total. The van der Waals surface area contributed by atoms with Gasteiger partial charge in [-0.3, -0.25) is 4.79 Å². The van der Waals surface area contributed by atoms with Gasteiger partial charge < -0.3 is 0 Å².